The van der Waals surface area contributed by atoms with Gasteiger partial charge in [-0.2, -0.15) is 0 Å². The van der Waals surface area contributed by atoms with E-state index in [1.807, 2.05) is 43.3 Å². The van der Waals surface area contributed by atoms with E-state index in [0.29, 0.717) is 0 Å². The Balaban J connectivity index is 1.81. The zero-order valence-electron chi connectivity index (χ0n) is 11.5. The molecular weight excluding hydrogens is 326 g/mol. The van der Waals surface area contributed by atoms with Crippen LogP contribution in [0.3, 0.4) is 0 Å². The molecule has 1 aromatic heterocycles. The molecule has 1 heterocycles. The molecule has 1 N–H and O–H groups in total. The highest BCUT2D eigenvalue weighted by Crippen LogP contribution is 2.23. The van der Waals surface area contributed by atoms with Gasteiger partial charge in [-0.3, -0.25) is 0 Å². The number of aryl methyl sites for hydroxylation is 1. The predicted octanol–water partition coefficient (Wildman–Crippen LogP) is 4.96. The molecule has 0 saturated heterocycles. The Kier molecular flexibility index (Phi) is 3.97. The van der Waals surface area contributed by atoms with Crippen LogP contribution in [0.4, 0.5) is 11.5 Å². The van der Waals surface area contributed by atoms with E-state index in [0.717, 1.165) is 21.9 Å². The van der Waals surface area contributed by atoms with Gasteiger partial charge in [-0.1, -0.05) is 42.5 Å². The van der Waals surface area contributed by atoms with Gasteiger partial charge < -0.3 is 5.32 Å². The third-order valence-corrected chi connectivity index (χ3v) is 3.48. The molecule has 0 bridgehead atoms. The molecule has 0 fully saturated rings. The van der Waals surface area contributed by atoms with Crippen molar-refractivity contribution in [3.05, 3.63) is 71.1 Å². The van der Waals surface area contributed by atoms with Crippen molar-refractivity contribution in [3.63, 3.8) is 0 Å². The Labute approximate surface area is 132 Å². The quantitative estimate of drug-likeness (QED) is 0.685. The summed E-state index contributed by atoms with van der Waals surface area (Å²) >= 11 is 3.38. The molecule has 3 nitrogen and oxygen atoms in total. The van der Waals surface area contributed by atoms with Gasteiger partial charge in [-0.05, 0) is 46.1 Å². The van der Waals surface area contributed by atoms with Crippen molar-refractivity contribution in [2.75, 3.05) is 5.32 Å². The molecular formula is C17H14BrN3. The molecule has 0 radical (unpaired) electrons. The van der Waals surface area contributed by atoms with Crippen molar-refractivity contribution in [1.29, 1.82) is 0 Å². The van der Waals surface area contributed by atoms with Gasteiger partial charge in [0.05, 0.1) is 0 Å². The van der Waals surface area contributed by atoms with Crippen LogP contribution in [-0.2, 0) is 0 Å². The average molecular weight is 340 g/mol. The van der Waals surface area contributed by atoms with Crippen molar-refractivity contribution >= 4 is 27.4 Å². The van der Waals surface area contributed by atoms with E-state index >= 15 is 0 Å². The first kappa shape index (κ1) is 13.8. The summed E-state index contributed by atoms with van der Waals surface area (Å²) in [6.07, 6.45) is 0. The largest absolute Gasteiger partial charge is 0.340 e. The van der Waals surface area contributed by atoms with E-state index in [4.69, 9.17) is 0 Å². The number of aromatic nitrogens is 2. The Morgan fingerprint density at radius 2 is 1.52 bits per heavy atom. The lowest BCUT2D eigenvalue weighted by molar-refractivity contribution is 1.04. The first-order valence-electron chi connectivity index (χ1n) is 6.64. The molecule has 2 aromatic carbocycles. The molecule has 21 heavy (non-hydrogen) atoms. The van der Waals surface area contributed by atoms with E-state index in [1.54, 1.807) is 0 Å². The fraction of sp³-hybridized carbons (Fsp3) is 0.0588. The average Bonchev–Trinajstić information content (AvgIpc) is 2.48. The number of halogens is 1. The van der Waals surface area contributed by atoms with Gasteiger partial charge in [0, 0.05) is 11.8 Å². The molecule has 0 atom stereocenters. The SMILES string of the molecule is Cc1nc(Br)cc(Nc2ccc(-c3ccccc3)cc2)n1. The second-order valence-corrected chi connectivity index (χ2v) is 5.50. The number of hydrogen-bond acceptors (Lipinski definition) is 3. The highest BCUT2D eigenvalue weighted by atomic mass is 79.9. The van der Waals surface area contributed by atoms with Crippen LogP contribution in [0.15, 0.2) is 65.3 Å². The van der Waals surface area contributed by atoms with Crippen molar-refractivity contribution in [2.24, 2.45) is 0 Å². The molecule has 0 aliphatic rings. The normalized spacial score (nSPS) is 10.4. The minimum absolute atomic E-state index is 0.729. The summed E-state index contributed by atoms with van der Waals surface area (Å²) in [4.78, 5) is 8.55. The van der Waals surface area contributed by atoms with E-state index < -0.39 is 0 Å². The van der Waals surface area contributed by atoms with E-state index in [1.165, 1.54) is 11.1 Å². The van der Waals surface area contributed by atoms with Crippen LogP contribution in [0.25, 0.3) is 11.1 Å². The van der Waals surface area contributed by atoms with Gasteiger partial charge in [-0.15, -0.1) is 0 Å². The second kappa shape index (κ2) is 6.06. The zero-order valence-corrected chi connectivity index (χ0v) is 13.1. The summed E-state index contributed by atoms with van der Waals surface area (Å²) < 4.78 is 0.776. The highest BCUT2D eigenvalue weighted by molar-refractivity contribution is 9.10. The van der Waals surface area contributed by atoms with Gasteiger partial charge in [0.2, 0.25) is 0 Å². The van der Waals surface area contributed by atoms with E-state index in [9.17, 15) is 0 Å². The Bertz CT molecular complexity index is 719. The van der Waals surface area contributed by atoms with Gasteiger partial charge in [0.15, 0.2) is 0 Å². The van der Waals surface area contributed by atoms with Gasteiger partial charge in [0.1, 0.15) is 16.2 Å². The Morgan fingerprint density at radius 1 is 0.857 bits per heavy atom. The predicted molar refractivity (Wildman–Crippen MR) is 89.6 cm³/mol. The van der Waals surface area contributed by atoms with Crippen molar-refractivity contribution < 1.29 is 0 Å². The number of benzene rings is 2. The highest BCUT2D eigenvalue weighted by Gasteiger charge is 2.01. The second-order valence-electron chi connectivity index (χ2n) is 4.69. The molecule has 0 saturated carbocycles. The molecule has 104 valence electrons. The molecule has 0 aliphatic carbocycles. The number of hydrogen-bond donors (Lipinski definition) is 1. The molecule has 4 heteroatoms. The fourth-order valence-electron chi connectivity index (χ4n) is 2.12. The van der Waals surface area contributed by atoms with Crippen LogP contribution in [0.1, 0.15) is 5.82 Å². The maximum atomic E-state index is 4.36. The Hall–Kier alpha value is -2.20. The topological polar surface area (TPSA) is 37.8 Å². The van der Waals surface area contributed by atoms with Gasteiger partial charge in [-0.25, -0.2) is 9.97 Å². The van der Waals surface area contributed by atoms with Crippen LogP contribution in [-0.4, -0.2) is 9.97 Å². The zero-order chi connectivity index (χ0) is 14.7. The maximum absolute atomic E-state index is 4.36. The van der Waals surface area contributed by atoms with Crippen LogP contribution in [0.5, 0.6) is 0 Å². The van der Waals surface area contributed by atoms with Crippen molar-refractivity contribution in [1.82, 2.24) is 9.97 Å². The minimum Gasteiger partial charge on any atom is -0.340 e. The minimum atomic E-state index is 0.729. The summed E-state index contributed by atoms with van der Waals surface area (Å²) in [5.74, 6) is 1.51. The molecule has 3 rings (SSSR count). The molecule has 0 amide bonds. The third-order valence-electron chi connectivity index (χ3n) is 3.07. The Morgan fingerprint density at radius 3 is 2.19 bits per heavy atom. The smallest absolute Gasteiger partial charge is 0.135 e. The first-order valence-corrected chi connectivity index (χ1v) is 7.44. The summed E-state index contributed by atoms with van der Waals surface area (Å²) in [5, 5.41) is 3.28. The fourth-order valence-corrected chi connectivity index (χ4v) is 2.59. The van der Waals surface area contributed by atoms with E-state index in [2.05, 4.69) is 55.5 Å². The summed E-state index contributed by atoms with van der Waals surface area (Å²) in [5.41, 5.74) is 3.41. The lowest BCUT2D eigenvalue weighted by Gasteiger charge is -2.08. The third kappa shape index (κ3) is 3.47. The standard InChI is InChI=1S/C17H14BrN3/c1-12-19-16(18)11-17(20-12)21-15-9-7-14(8-10-15)13-5-3-2-4-6-13/h2-11H,1H3,(H,19,20,21). The summed E-state index contributed by atoms with van der Waals surface area (Å²) in [6.45, 7) is 1.87. The van der Waals surface area contributed by atoms with Gasteiger partial charge >= 0.3 is 0 Å². The van der Waals surface area contributed by atoms with Crippen molar-refractivity contribution in [2.45, 2.75) is 6.92 Å². The molecule has 0 aliphatic heterocycles. The summed E-state index contributed by atoms with van der Waals surface area (Å²) in [6, 6.07) is 20.5. The number of anilines is 2. The lowest BCUT2D eigenvalue weighted by Crippen LogP contribution is -1.97. The summed E-state index contributed by atoms with van der Waals surface area (Å²) in [7, 11) is 0. The van der Waals surface area contributed by atoms with Crippen LogP contribution >= 0.6 is 15.9 Å². The van der Waals surface area contributed by atoms with Gasteiger partial charge in [0.25, 0.3) is 0 Å². The van der Waals surface area contributed by atoms with Crippen LogP contribution in [0.2, 0.25) is 0 Å². The van der Waals surface area contributed by atoms with Crippen LogP contribution < -0.4 is 5.32 Å². The maximum Gasteiger partial charge on any atom is 0.135 e. The number of nitrogens with one attached hydrogen (secondary N) is 1. The number of rotatable bonds is 3. The van der Waals surface area contributed by atoms with E-state index in [-0.39, 0.29) is 0 Å². The molecule has 0 unspecified atom stereocenters. The van der Waals surface area contributed by atoms with Crippen molar-refractivity contribution in [3.8, 4) is 11.1 Å². The lowest BCUT2D eigenvalue weighted by atomic mass is 10.1. The first-order chi connectivity index (χ1) is 10.2. The number of nitrogens with zero attached hydrogens (tertiary/aromatic N) is 2. The van der Waals surface area contributed by atoms with Crippen LogP contribution in [0, 0.1) is 6.92 Å². The monoisotopic (exact) mass is 339 g/mol. The molecule has 3 aromatic rings. The molecule has 0 spiro atoms.